The fourth-order valence-electron chi connectivity index (χ4n) is 1.82. The van der Waals surface area contributed by atoms with Crippen molar-refractivity contribution in [3.8, 4) is 11.5 Å². The van der Waals surface area contributed by atoms with Crippen LogP contribution in [-0.4, -0.2) is 23.9 Å². The number of nitrogens with zero attached hydrogens (tertiary/aromatic N) is 1. The molecule has 0 radical (unpaired) electrons. The molecule has 0 unspecified atom stereocenters. The first-order valence-electron chi connectivity index (χ1n) is 6.43. The number of likely N-dealkylation sites (N-methyl/N-ethyl adjacent to an activating group) is 1. The smallest absolute Gasteiger partial charge is 0.273 e. The lowest BCUT2D eigenvalue weighted by Gasteiger charge is -2.11. The first-order chi connectivity index (χ1) is 10.2. The Morgan fingerprint density at radius 3 is 2.43 bits per heavy atom. The van der Waals surface area contributed by atoms with Crippen LogP contribution in [0, 0.1) is 6.92 Å². The lowest BCUT2D eigenvalue weighted by atomic mass is 10.1. The number of oxime groups is 1. The summed E-state index contributed by atoms with van der Waals surface area (Å²) in [6.45, 7) is 1.99. The fraction of sp³-hybridized carbons (Fsp3) is 0.125. The summed E-state index contributed by atoms with van der Waals surface area (Å²) in [5.74, 6) is 0.595. The number of carbonyl (C=O) groups is 1. The van der Waals surface area contributed by atoms with Gasteiger partial charge in [0, 0.05) is 7.05 Å². The minimum atomic E-state index is -0.488. The molecule has 0 spiro atoms. The van der Waals surface area contributed by atoms with Crippen LogP contribution in [0.2, 0.25) is 0 Å². The predicted molar refractivity (Wildman–Crippen MR) is 80.1 cm³/mol. The standard InChI is InChI=1S/C16H16N2O3/c1-11-7-9-12(10-8-11)21-14-6-4-3-5-13(14)15(18-20)16(19)17-2/h3-10,20H,1-2H3,(H,17,19)/b18-15-. The number of para-hydroxylation sites is 1. The van der Waals surface area contributed by atoms with Gasteiger partial charge in [-0.2, -0.15) is 0 Å². The van der Waals surface area contributed by atoms with Crippen LogP contribution >= 0.6 is 0 Å². The highest BCUT2D eigenvalue weighted by molar-refractivity contribution is 6.45. The summed E-state index contributed by atoms with van der Waals surface area (Å²) < 4.78 is 5.77. The van der Waals surface area contributed by atoms with Crippen molar-refractivity contribution < 1.29 is 14.7 Å². The van der Waals surface area contributed by atoms with Gasteiger partial charge in [-0.3, -0.25) is 4.79 Å². The number of hydrogen-bond acceptors (Lipinski definition) is 4. The van der Waals surface area contributed by atoms with Crippen molar-refractivity contribution in [1.29, 1.82) is 0 Å². The zero-order valence-corrected chi connectivity index (χ0v) is 11.8. The van der Waals surface area contributed by atoms with E-state index in [9.17, 15) is 4.79 Å². The number of amides is 1. The van der Waals surface area contributed by atoms with Crippen LogP contribution in [-0.2, 0) is 4.79 Å². The largest absolute Gasteiger partial charge is 0.457 e. The van der Waals surface area contributed by atoms with Crippen molar-refractivity contribution in [2.75, 3.05) is 7.05 Å². The maximum Gasteiger partial charge on any atom is 0.273 e. The highest BCUT2D eigenvalue weighted by Gasteiger charge is 2.18. The Morgan fingerprint density at radius 1 is 1.14 bits per heavy atom. The fourth-order valence-corrected chi connectivity index (χ4v) is 1.82. The third kappa shape index (κ3) is 3.39. The van der Waals surface area contributed by atoms with E-state index in [1.165, 1.54) is 7.05 Å². The van der Waals surface area contributed by atoms with Crippen LogP contribution < -0.4 is 10.1 Å². The monoisotopic (exact) mass is 284 g/mol. The van der Waals surface area contributed by atoms with Gasteiger partial charge in [0.15, 0.2) is 5.71 Å². The van der Waals surface area contributed by atoms with E-state index in [4.69, 9.17) is 9.94 Å². The Hall–Kier alpha value is -2.82. The summed E-state index contributed by atoms with van der Waals surface area (Å²) in [4.78, 5) is 11.7. The van der Waals surface area contributed by atoms with Gasteiger partial charge in [0.25, 0.3) is 5.91 Å². The van der Waals surface area contributed by atoms with Gasteiger partial charge in [0.2, 0.25) is 0 Å². The molecule has 0 heterocycles. The Bertz CT molecular complexity index is 663. The van der Waals surface area contributed by atoms with E-state index >= 15 is 0 Å². The molecule has 0 fully saturated rings. The highest BCUT2D eigenvalue weighted by Crippen LogP contribution is 2.26. The molecule has 108 valence electrons. The maximum atomic E-state index is 11.7. The minimum Gasteiger partial charge on any atom is -0.457 e. The van der Waals surface area contributed by atoms with Crippen molar-refractivity contribution in [1.82, 2.24) is 5.32 Å². The second-order valence-corrected chi connectivity index (χ2v) is 4.44. The molecule has 2 aromatic rings. The summed E-state index contributed by atoms with van der Waals surface area (Å²) in [5.41, 5.74) is 1.44. The molecule has 21 heavy (non-hydrogen) atoms. The first kappa shape index (κ1) is 14.6. The number of benzene rings is 2. The first-order valence-corrected chi connectivity index (χ1v) is 6.43. The molecule has 0 aliphatic rings. The second-order valence-electron chi connectivity index (χ2n) is 4.44. The Kier molecular flexibility index (Phi) is 4.56. The molecule has 5 heteroatoms. The Morgan fingerprint density at radius 2 is 1.81 bits per heavy atom. The molecule has 0 aliphatic heterocycles. The van der Waals surface area contributed by atoms with Gasteiger partial charge in [-0.25, -0.2) is 0 Å². The van der Waals surface area contributed by atoms with Crippen LogP contribution in [0.4, 0.5) is 0 Å². The van der Waals surface area contributed by atoms with Gasteiger partial charge >= 0.3 is 0 Å². The molecule has 2 aromatic carbocycles. The molecule has 0 saturated heterocycles. The highest BCUT2D eigenvalue weighted by atomic mass is 16.5. The number of rotatable bonds is 4. The summed E-state index contributed by atoms with van der Waals surface area (Å²) in [7, 11) is 1.47. The quantitative estimate of drug-likeness (QED) is 0.515. The zero-order valence-electron chi connectivity index (χ0n) is 11.8. The number of hydrogen-bond donors (Lipinski definition) is 2. The lowest BCUT2D eigenvalue weighted by molar-refractivity contribution is -0.114. The number of ether oxygens (including phenoxy) is 1. The van der Waals surface area contributed by atoms with E-state index < -0.39 is 5.91 Å². The van der Waals surface area contributed by atoms with E-state index in [0.29, 0.717) is 17.1 Å². The topological polar surface area (TPSA) is 70.9 Å². The third-order valence-corrected chi connectivity index (χ3v) is 2.93. The molecule has 0 aromatic heterocycles. The van der Waals surface area contributed by atoms with Crippen molar-refractivity contribution in [3.63, 3.8) is 0 Å². The average Bonchev–Trinajstić information content (AvgIpc) is 2.51. The molecule has 0 aliphatic carbocycles. The second kappa shape index (κ2) is 6.56. The maximum absolute atomic E-state index is 11.7. The molecule has 2 rings (SSSR count). The van der Waals surface area contributed by atoms with Crippen LogP contribution in [0.3, 0.4) is 0 Å². The third-order valence-electron chi connectivity index (χ3n) is 2.93. The van der Waals surface area contributed by atoms with Crippen molar-refractivity contribution in [3.05, 3.63) is 59.7 Å². The summed E-state index contributed by atoms with van der Waals surface area (Å²) in [6, 6.07) is 14.4. The molecular weight excluding hydrogens is 268 g/mol. The Labute approximate surface area is 122 Å². The Balaban J connectivity index is 2.37. The van der Waals surface area contributed by atoms with Crippen molar-refractivity contribution in [2.24, 2.45) is 5.16 Å². The zero-order chi connectivity index (χ0) is 15.2. The van der Waals surface area contributed by atoms with Crippen LogP contribution in [0.1, 0.15) is 11.1 Å². The van der Waals surface area contributed by atoms with Crippen LogP contribution in [0.25, 0.3) is 0 Å². The molecule has 5 nitrogen and oxygen atoms in total. The van der Waals surface area contributed by atoms with Gasteiger partial charge in [-0.05, 0) is 31.2 Å². The summed E-state index contributed by atoms with van der Waals surface area (Å²) >= 11 is 0. The van der Waals surface area contributed by atoms with E-state index in [2.05, 4.69) is 10.5 Å². The van der Waals surface area contributed by atoms with E-state index in [1.54, 1.807) is 24.3 Å². The normalized spacial score (nSPS) is 11.0. The SMILES string of the molecule is CNC(=O)/C(=N\O)c1ccccc1Oc1ccc(C)cc1. The van der Waals surface area contributed by atoms with Crippen LogP contribution in [0.15, 0.2) is 53.7 Å². The van der Waals surface area contributed by atoms with Gasteiger partial charge in [-0.1, -0.05) is 35.0 Å². The molecule has 1 amide bonds. The number of nitrogens with one attached hydrogen (secondary N) is 1. The molecule has 0 bridgehead atoms. The summed E-state index contributed by atoms with van der Waals surface area (Å²) in [6.07, 6.45) is 0. The van der Waals surface area contributed by atoms with Gasteiger partial charge < -0.3 is 15.3 Å². The molecule has 0 saturated carbocycles. The van der Waals surface area contributed by atoms with Crippen LogP contribution in [0.5, 0.6) is 11.5 Å². The number of aryl methyl sites for hydroxylation is 1. The minimum absolute atomic E-state index is 0.0970. The van der Waals surface area contributed by atoms with Gasteiger partial charge in [0.1, 0.15) is 11.5 Å². The summed E-state index contributed by atoms with van der Waals surface area (Å²) in [5, 5.41) is 14.6. The predicted octanol–water partition coefficient (Wildman–Crippen LogP) is 2.71. The molecular formula is C16H16N2O3. The van der Waals surface area contributed by atoms with Gasteiger partial charge in [0.05, 0.1) is 5.56 Å². The van der Waals surface area contributed by atoms with E-state index in [-0.39, 0.29) is 5.71 Å². The molecule has 2 N–H and O–H groups in total. The average molecular weight is 284 g/mol. The lowest BCUT2D eigenvalue weighted by Crippen LogP contribution is -2.28. The number of carbonyl (C=O) groups excluding carboxylic acids is 1. The van der Waals surface area contributed by atoms with Crippen molar-refractivity contribution in [2.45, 2.75) is 6.92 Å². The van der Waals surface area contributed by atoms with E-state index in [0.717, 1.165) is 5.56 Å². The molecule has 0 atom stereocenters. The van der Waals surface area contributed by atoms with Crippen molar-refractivity contribution >= 4 is 11.6 Å². The van der Waals surface area contributed by atoms with Gasteiger partial charge in [-0.15, -0.1) is 0 Å². The van der Waals surface area contributed by atoms with E-state index in [1.807, 2.05) is 31.2 Å².